The second kappa shape index (κ2) is 9.98. The van der Waals surface area contributed by atoms with Crippen molar-refractivity contribution in [3.8, 4) is 33.9 Å². The smallest absolute Gasteiger partial charge is 0.356 e. The Kier molecular flexibility index (Phi) is 6.55. The molecule has 5 aromatic heterocycles. The zero-order valence-electron chi connectivity index (χ0n) is 21.5. The van der Waals surface area contributed by atoms with Gasteiger partial charge in [0, 0.05) is 43.4 Å². The molecule has 1 atom stereocenters. The van der Waals surface area contributed by atoms with Gasteiger partial charge in [0.05, 0.1) is 22.6 Å². The van der Waals surface area contributed by atoms with Gasteiger partial charge >= 0.3 is 12.4 Å². The summed E-state index contributed by atoms with van der Waals surface area (Å²) >= 11 is 0. The van der Waals surface area contributed by atoms with Gasteiger partial charge in [-0.05, 0) is 43.5 Å². The van der Waals surface area contributed by atoms with E-state index >= 15 is 0 Å². The average Bonchev–Trinajstić information content (AvgIpc) is 3.66. The largest absolute Gasteiger partial charge is 0.433 e. The van der Waals surface area contributed by atoms with E-state index in [1.54, 1.807) is 19.2 Å². The van der Waals surface area contributed by atoms with Crippen molar-refractivity contribution in [3.63, 3.8) is 0 Å². The molecule has 1 saturated heterocycles. The summed E-state index contributed by atoms with van der Waals surface area (Å²) in [6.07, 6.45) is -3.81. The van der Waals surface area contributed by atoms with E-state index < -0.39 is 36.4 Å². The molecule has 1 aliphatic rings. The van der Waals surface area contributed by atoms with Crippen molar-refractivity contribution in [2.75, 3.05) is 6.61 Å². The summed E-state index contributed by atoms with van der Waals surface area (Å²) in [5.74, 6) is 0. The fourth-order valence-electron chi connectivity index (χ4n) is 5.10. The number of ether oxygens (including phenoxy) is 1. The molecule has 0 radical (unpaired) electrons. The normalized spacial score (nSPS) is 16.5. The van der Waals surface area contributed by atoms with E-state index in [4.69, 9.17) is 4.74 Å². The van der Waals surface area contributed by atoms with Gasteiger partial charge in [-0.1, -0.05) is 6.07 Å². The molecule has 9 nitrogen and oxygen atoms in total. The lowest BCUT2D eigenvalue weighted by molar-refractivity contribution is -0.142. The number of halogens is 6. The van der Waals surface area contributed by atoms with Crippen molar-refractivity contribution in [1.82, 2.24) is 39.3 Å². The molecule has 0 aromatic carbocycles. The third kappa shape index (κ3) is 5.05. The van der Waals surface area contributed by atoms with Gasteiger partial charge in [0.2, 0.25) is 0 Å². The van der Waals surface area contributed by atoms with Gasteiger partial charge in [0.1, 0.15) is 17.8 Å². The minimum absolute atomic E-state index is 0.0265. The van der Waals surface area contributed by atoms with Gasteiger partial charge in [-0.15, -0.1) is 0 Å². The maximum Gasteiger partial charge on any atom is 0.433 e. The third-order valence-electron chi connectivity index (χ3n) is 6.82. The molecule has 0 N–H and O–H groups in total. The van der Waals surface area contributed by atoms with E-state index in [1.807, 2.05) is 0 Å². The van der Waals surface area contributed by atoms with E-state index in [0.717, 1.165) is 19.0 Å². The lowest BCUT2D eigenvalue weighted by Crippen LogP contribution is -2.20. The molecule has 15 heteroatoms. The Balaban J connectivity index is 1.70. The summed E-state index contributed by atoms with van der Waals surface area (Å²) < 4.78 is 93.3. The fraction of sp³-hybridized carbons (Fsp3) is 0.346. The van der Waals surface area contributed by atoms with Crippen LogP contribution in [0.25, 0.3) is 44.9 Å². The summed E-state index contributed by atoms with van der Waals surface area (Å²) in [5, 5.41) is 12.7. The van der Waals surface area contributed by atoms with Crippen LogP contribution in [0.15, 0.2) is 48.9 Å². The van der Waals surface area contributed by atoms with E-state index in [1.165, 1.54) is 40.0 Å². The minimum Gasteiger partial charge on any atom is -0.356 e. The summed E-state index contributed by atoms with van der Waals surface area (Å²) in [4.78, 5) is 8.19. The highest BCUT2D eigenvalue weighted by atomic mass is 19.4. The number of alkyl halides is 6. The van der Waals surface area contributed by atoms with Crippen molar-refractivity contribution < 1.29 is 31.1 Å². The predicted molar refractivity (Wildman–Crippen MR) is 134 cm³/mol. The molecule has 1 fully saturated rings. The number of pyridine rings is 2. The maximum absolute atomic E-state index is 14.1. The van der Waals surface area contributed by atoms with Gasteiger partial charge in [0.15, 0.2) is 11.9 Å². The second-order valence-electron chi connectivity index (χ2n) is 9.59. The Morgan fingerprint density at radius 1 is 0.951 bits per heavy atom. The quantitative estimate of drug-likeness (QED) is 0.237. The number of aryl methyl sites for hydroxylation is 1. The number of rotatable bonds is 5. The third-order valence-corrected chi connectivity index (χ3v) is 6.82. The predicted octanol–water partition coefficient (Wildman–Crippen LogP) is 6.04. The molecular formula is C26H22F6N8O. The van der Waals surface area contributed by atoms with Gasteiger partial charge in [-0.25, -0.2) is 9.67 Å². The molecule has 0 amide bonds. The van der Waals surface area contributed by atoms with Crippen LogP contribution in [-0.4, -0.2) is 52.1 Å². The average molecular weight is 577 g/mol. The van der Waals surface area contributed by atoms with E-state index in [9.17, 15) is 26.3 Å². The van der Waals surface area contributed by atoms with Gasteiger partial charge < -0.3 is 4.74 Å². The van der Waals surface area contributed by atoms with Gasteiger partial charge in [-0.2, -0.15) is 41.6 Å². The summed E-state index contributed by atoms with van der Waals surface area (Å²) in [5.41, 5.74) is -1.09. The van der Waals surface area contributed by atoms with Crippen molar-refractivity contribution in [1.29, 1.82) is 0 Å². The highest BCUT2D eigenvalue weighted by Crippen LogP contribution is 2.42. The first kappa shape index (κ1) is 26.9. The van der Waals surface area contributed by atoms with Crippen LogP contribution in [0, 0.1) is 0 Å². The van der Waals surface area contributed by atoms with Crippen LogP contribution in [0.2, 0.25) is 0 Å². The summed E-state index contributed by atoms with van der Waals surface area (Å²) in [6, 6.07) is 6.95. The van der Waals surface area contributed by atoms with E-state index in [2.05, 4.69) is 25.3 Å². The number of fused-ring (bicyclic) bond motifs is 1. The first-order valence-electron chi connectivity index (χ1n) is 12.7. The standard InChI is InChI=1S/C26H22F6N8O/c1-38-18(7-10-34-38)17-13-16(15-5-4-9-33-24(15)26(30,31)32)23-22(36-17)21(37-39(23)14-25(27,28)29)19-8-11-35-40(19)20-6-2-3-12-41-20/h4-5,7-11,13,20H,2-3,6,12,14H2,1H3. The number of hydrogen-bond donors (Lipinski definition) is 0. The Bertz CT molecular complexity index is 1710. The molecule has 41 heavy (non-hydrogen) atoms. The van der Waals surface area contributed by atoms with Crippen LogP contribution in [0.3, 0.4) is 0 Å². The van der Waals surface area contributed by atoms with E-state index in [-0.39, 0.29) is 28.0 Å². The zero-order valence-corrected chi connectivity index (χ0v) is 21.5. The molecule has 6 heterocycles. The lowest BCUT2D eigenvalue weighted by atomic mass is 10.0. The molecule has 1 aliphatic heterocycles. The highest BCUT2D eigenvalue weighted by Gasteiger charge is 2.38. The highest BCUT2D eigenvalue weighted by molar-refractivity contribution is 6.01. The van der Waals surface area contributed by atoms with Gasteiger partial charge in [-0.3, -0.25) is 14.3 Å². The molecule has 0 saturated carbocycles. The molecule has 5 aromatic rings. The molecule has 6 rings (SSSR count). The van der Waals surface area contributed by atoms with E-state index in [0.29, 0.717) is 29.1 Å². The SMILES string of the molecule is Cn1nccc1-c1cc(-c2cccnc2C(F)(F)F)c2c(n1)c(-c1ccnn1C1CCCCO1)nn2CC(F)(F)F. The summed E-state index contributed by atoms with van der Waals surface area (Å²) in [7, 11) is 1.62. The van der Waals surface area contributed by atoms with Crippen molar-refractivity contribution in [2.45, 2.75) is 44.4 Å². The maximum atomic E-state index is 14.1. The van der Waals surface area contributed by atoms with Crippen LogP contribution in [-0.2, 0) is 24.5 Å². The topological polar surface area (TPSA) is 88.5 Å². The molecule has 0 spiro atoms. The van der Waals surface area contributed by atoms with Crippen molar-refractivity contribution in [2.24, 2.45) is 7.05 Å². The Morgan fingerprint density at radius 3 is 2.41 bits per heavy atom. The molecule has 1 unspecified atom stereocenters. The first-order chi connectivity index (χ1) is 19.5. The molecule has 214 valence electrons. The number of aromatic nitrogens is 8. The van der Waals surface area contributed by atoms with Crippen LogP contribution in [0.1, 0.15) is 31.2 Å². The van der Waals surface area contributed by atoms with Crippen LogP contribution in [0.4, 0.5) is 26.3 Å². The molecule has 0 bridgehead atoms. The molecular weight excluding hydrogens is 554 g/mol. The zero-order chi connectivity index (χ0) is 28.9. The first-order valence-corrected chi connectivity index (χ1v) is 12.7. The van der Waals surface area contributed by atoms with Crippen molar-refractivity contribution >= 4 is 11.0 Å². The Morgan fingerprint density at radius 2 is 1.73 bits per heavy atom. The van der Waals surface area contributed by atoms with Crippen LogP contribution < -0.4 is 0 Å². The van der Waals surface area contributed by atoms with Crippen LogP contribution >= 0.6 is 0 Å². The van der Waals surface area contributed by atoms with Gasteiger partial charge in [0.25, 0.3) is 0 Å². The number of hydrogen-bond acceptors (Lipinski definition) is 6. The van der Waals surface area contributed by atoms with Crippen molar-refractivity contribution in [3.05, 3.63) is 54.6 Å². The fourth-order valence-corrected chi connectivity index (χ4v) is 5.10. The monoisotopic (exact) mass is 576 g/mol. The number of nitrogens with zero attached hydrogens (tertiary/aromatic N) is 8. The van der Waals surface area contributed by atoms with Crippen LogP contribution in [0.5, 0.6) is 0 Å². The Labute approximate surface area is 228 Å². The minimum atomic E-state index is -4.88. The summed E-state index contributed by atoms with van der Waals surface area (Å²) in [6.45, 7) is -1.07. The lowest BCUT2D eigenvalue weighted by Gasteiger charge is -2.24. The molecule has 0 aliphatic carbocycles. The second-order valence-corrected chi connectivity index (χ2v) is 9.59. The Hall–Kier alpha value is -4.27.